The molecule has 5 heteroatoms. The van der Waals surface area contributed by atoms with Crippen LogP contribution in [0.2, 0.25) is 0 Å². The fourth-order valence-electron chi connectivity index (χ4n) is 2.30. The number of anilines is 2. The molecule has 4 rings (SSSR count). The van der Waals surface area contributed by atoms with Gasteiger partial charge in [0.25, 0.3) is 0 Å². The summed E-state index contributed by atoms with van der Waals surface area (Å²) in [5.41, 5.74) is 3.44. The van der Waals surface area contributed by atoms with Crippen LogP contribution in [0, 0.1) is 0 Å². The summed E-state index contributed by atoms with van der Waals surface area (Å²) in [6.45, 7) is 0. The van der Waals surface area contributed by atoms with Gasteiger partial charge in [-0.15, -0.1) is 0 Å². The first-order chi connectivity index (χ1) is 10.9. The lowest BCUT2D eigenvalue weighted by Crippen LogP contribution is -1.99. The number of nitrogens with zero attached hydrogens (tertiary/aromatic N) is 4. The Bertz CT molecular complexity index is 900. The average molecular weight is 287 g/mol. The quantitative estimate of drug-likeness (QED) is 0.626. The van der Waals surface area contributed by atoms with Crippen LogP contribution in [0.15, 0.2) is 73.1 Å². The number of hydrogen-bond donors (Lipinski definition) is 1. The predicted octanol–water partition coefficient (Wildman–Crippen LogP) is 3.56. The van der Waals surface area contributed by atoms with E-state index in [2.05, 4.69) is 20.4 Å². The van der Waals surface area contributed by atoms with E-state index in [1.54, 1.807) is 17.1 Å². The van der Waals surface area contributed by atoms with Gasteiger partial charge in [0.1, 0.15) is 11.3 Å². The lowest BCUT2D eigenvalue weighted by molar-refractivity contribution is 0.897. The molecule has 0 unspecified atom stereocenters. The smallest absolute Gasteiger partial charge is 0.181 e. The van der Waals surface area contributed by atoms with Gasteiger partial charge in [-0.05, 0) is 24.3 Å². The van der Waals surface area contributed by atoms with E-state index in [1.165, 1.54) is 0 Å². The van der Waals surface area contributed by atoms with Crippen molar-refractivity contribution in [3.8, 4) is 5.69 Å². The Balaban J connectivity index is 1.71. The average Bonchev–Trinajstić information content (AvgIpc) is 3.00. The van der Waals surface area contributed by atoms with Crippen LogP contribution in [0.3, 0.4) is 0 Å². The van der Waals surface area contributed by atoms with Crippen molar-refractivity contribution < 1.29 is 0 Å². The van der Waals surface area contributed by atoms with Gasteiger partial charge >= 0.3 is 0 Å². The standard InChI is InChI=1S/C17H13N5/c1-3-7-13(8-4-1)20-16-12-18-17-15(21-16)11-19-22(17)14-9-5-2-6-10-14/h1-12H,(H,20,21). The van der Waals surface area contributed by atoms with E-state index in [1.807, 2.05) is 60.7 Å². The molecule has 22 heavy (non-hydrogen) atoms. The van der Waals surface area contributed by atoms with Crippen LogP contribution in [0.5, 0.6) is 0 Å². The van der Waals surface area contributed by atoms with E-state index >= 15 is 0 Å². The third kappa shape index (κ3) is 2.29. The molecule has 2 aromatic carbocycles. The van der Waals surface area contributed by atoms with Crippen LogP contribution < -0.4 is 5.32 Å². The first kappa shape index (κ1) is 12.5. The van der Waals surface area contributed by atoms with Crippen molar-refractivity contribution in [1.29, 1.82) is 0 Å². The molecule has 2 heterocycles. The molecule has 0 atom stereocenters. The van der Waals surface area contributed by atoms with Crippen molar-refractivity contribution in [2.24, 2.45) is 0 Å². The minimum atomic E-state index is 0.700. The largest absolute Gasteiger partial charge is 0.339 e. The number of hydrogen-bond acceptors (Lipinski definition) is 4. The fourth-order valence-corrected chi connectivity index (χ4v) is 2.30. The molecule has 0 radical (unpaired) electrons. The molecule has 106 valence electrons. The number of aromatic nitrogens is 4. The van der Waals surface area contributed by atoms with Gasteiger partial charge < -0.3 is 5.32 Å². The van der Waals surface area contributed by atoms with E-state index in [-0.39, 0.29) is 0 Å². The zero-order chi connectivity index (χ0) is 14.8. The van der Waals surface area contributed by atoms with Gasteiger partial charge in [-0.25, -0.2) is 14.6 Å². The number of fused-ring (bicyclic) bond motifs is 1. The summed E-state index contributed by atoms with van der Waals surface area (Å²) in [6.07, 6.45) is 3.45. The van der Waals surface area contributed by atoms with E-state index in [9.17, 15) is 0 Å². The van der Waals surface area contributed by atoms with Crippen molar-refractivity contribution in [2.45, 2.75) is 0 Å². The highest BCUT2D eigenvalue weighted by atomic mass is 15.3. The molecule has 0 aliphatic carbocycles. The molecule has 0 aliphatic rings. The number of benzene rings is 2. The Labute approximate surface area is 127 Å². The van der Waals surface area contributed by atoms with Crippen molar-refractivity contribution >= 4 is 22.7 Å². The highest BCUT2D eigenvalue weighted by Gasteiger charge is 2.08. The lowest BCUT2D eigenvalue weighted by Gasteiger charge is -2.05. The SMILES string of the molecule is c1ccc(Nc2cnc3c(cnn3-c3ccccc3)n2)cc1. The Morgan fingerprint density at radius 1 is 0.818 bits per heavy atom. The van der Waals surface area contributed by atoms with Crippen LogP contribution in [0.1, 0.15) is 0 Å². The van der Waals surface area contributed by atoms with Crippen LogP contribution >= 0.6 is 0 Å². The molecule has 4 aromatic rings. The number of rotatable bonds is 3. The minimum absolute atomic E-state index is 0.700. The van der Waals surface area contributed by atoms with Crippen LogP contribution in [0.25, 0.3) is 16.9 Å². The summed E-state index contributed by atoms with van der Waals surface area (Å²) in [5.74, 6) is 0.700. The molecule has 0 bridgehead atoms. The highest BCUT2D eigenvalue weighted by Crippen LogP contribution is 2.18. The molecule has 0 aliphatic heterocycles. The highest BCUT2D eigenvalue weighted by molar-refractivity contribution is 5.74. The van der Waals surface area contributed by atoms with E-state index in [4.69, 9.17) is 0 Å². The minimum Gasteiger partial charge on any atom is -0.339 e. The fraction of sp³-hybridized carbons (Fsp3) is 0. The van der Waals surface area contributed by atoms with Gasteiger partial charge in [-0.2, -0.15) is 5.10 Å². The Morgan fingerprint density at radius 3 is 2.32 bits per heavy atom. The maximum Gasteiger partial charge on any atom is 0.181 e. The third-order valence-electron chi connectivity index (χ3n) is 3.32. The summed E-state index contributed by atoms with van der Waals surface area (Å²) >= 11 is 0. The first-order valence-electron chi connectivity index (χ1n) is 6.98. The van der Waals surface area contributed by atoms with Crippen LogP contribution in [-0.4, -0.2) is 19.7 Å². The third-order valence-corrected chi connectivity index (χ3v) is 3.32. The van der Waals surface area contributed by atoms with Gasteiger partial charge in [0, 0.05) is 5.69 Å². The summed E-state index contributed by atoms with van der Waals surface area (Å²) in [5, 5.41) is 7.61. The van der Waals surface area contributed by atoms with E-state index in [0.717, 1.165) is 22.5 Å². The van der Waals surface area contributed by atoms with Crippen LogP contribution in [0.4, 0.5) is 11.5 Å². The zero-order valence-corrected chi connectivity index (χ0v) is 11.7. The summed E-state index contributed by atoms with van der Waals surface area (Å²) < 4.78 is 1.79. The maximum atomic E-state index is 4.56. The Hall–Kier alpha value is -3.21. The lowest BCUT2D eigenvalue weighted by atomic mass is 10.3. The van der Waals surface area contributed by atoms with Gasteiger partial charge in [-0.1, -0.05) is 36.4 Å². The first-order valence-corrected chi connectivity index (χ1v) is 6.98. The number of nitrogens with one attached hydrogen (secondary N) is 1. The molecule has 2 aromatic heterocycles. The van der Waals surface area contributed by atoms with Crippen molar-refractivity contribution in [3.05, 3.63) is 73.1 Å². The molecule has 0 saturated heterocycles. The normalized spacial score (nSPS) is 10.7. The van der Waals surface area contributed by atoms with Gasteiger partial charge in [-0.3, -0.25) is 0 Å². The van der Waals surface area contributed by atoms with Crippen molar-refractivity contribution in [3.63, 3.8) is 0 Å². The topological polar surface area (TPSA) is 55.6 Å². The molecule has 0 fully saturated rings. The Kier molecular flexibility index (Phi) is 3.01. The van der Waals surface area contributed by atoms with Crippen molar-refractivity contribution in [1.82, 2.24) is 19.7 Å². The molecule has 0 saturated carbocycles. The number of para-hydroxylation sites is 2. The molecule has 1 N–H and O–H groups in total. The summed E-state index contributed by atoms with van der Waals surface area (Å²) in [6, 6.07) is 19.8. The van der Waals surface area contributed by atoms with Gasteiger partial charge in [0.05, 0.1) is 18.1 Å². The van der Waals surface area contributed by atoms with E-state index in [0.29, 0.717) is 5.82 Å². The van der Waals surface area contributed by atoms with Gasteiger partial charge in [0.2, 0.25) is 0 Å². The second kappa shape index (κ2) is 5.29. The molecular formula is C17H13N5. The van der Waals surface area contributed by atoms with Crippen LogP contribution in [-0.2, 0) is 0 Å². The van der Waals surface area contributed by atoms with Gasteiger partial charge in [0.15, 0.2) is 5.65 Å². The van der Waals surface area contributed by atoms with Crippen molar-refractivity contribution in [2.75, 3.05) is 5.32 Å². The summed E-state index contributed by atoms with van der Waals surface area (Å²) in [7, 11) is 0. The second-order valence-electron chi connectivity index (χ2n) is 4.85. The molecule has 0 spiro atoms. The molecular weight excluding hydrogens is 274 g/mol. The molecule has 0 amide bonds. The monoisotopic (exact) mass is 287 g/mol. The maximum absolute atomic E-state index is 4.56. The zero-order valence-electron chi connectivity index (χ0n) is 11.7. The predicted molar refractivity (Wildman–Crippen MR) is 86.4 cm³/mol. The molecule has 5 nitrogen and oxygen atoms in total. The summed E-state index contributed by atoms with van der Waals surface area (Å²) in [4.78, 5) is 9.05. The van der Waals surface area contributed by atoms with E-state index < -0.39 is 0 Å². The Morgan fingerprint density at radius 2 is 1.55 bits per heavy atom. The second-order valence-corrected chi connectivity index (χ2v) is 4.85.